The van der Waals surface area contributed by atoms with Gasteiger partial charge in [0.05, 0.1) is 6.10 Å². The normalized spacial score (nSPS) is 33.6. The third-order valence-corrected chi connectivity index (χ3v) is 4.14. The van der Waals surface area contributed by atoms with E-state index >= 15 is 0 Å². The Morgan fingerprint density at radius 1 is 1.53 bits per heavy atom. The molecular formula is C12H23N3O2. The summed E-state index contributed by atoms with van der Waals surface area (Å²) in [6, 6.07) is 0. The molecule has 17 heavy (non-hydrogen) atoms. The summed E-state index contributed by atoms with van der Waals surface area (Å²) < 4.78 is 0. The number of nitrogens with zero attached hydrogens (tertiary/aromatic N) is 2. The van der Waals surface area contributed by atoms with E-state index in [1.54, 1.807) is 0 Å². The van der Waals surface area contributed by atoms with E-state index in [2.05, 4.69) is 17.0 Å². The highest BCUT2D eigenvalue weighted by molar-refractivity contribution is 5.80. The van der Waals surface area contributed by atoms with E-state index in [1.807, 2.05) is 0 Å². The number of hydrogen-bond acceptors (Lipinski definition) is 4. The summed E-state index contributed by atoms with van der Waals surface area (Å²) in [5.74, 6) is 0.691. The van der Waals surface area contributed by atoms with Gasteiger partial charge in [-0.15, -0.1) is 0 Å². The number of hydrogen-bond donors (Lipinski definition) is 3. The van der Waals surface area contributed by atoms with Crippen LogP contribution in [0.2, 0.25) is 0 Å². The van der Waals surface area contributed by atoms with E-state index in [0.29, 0.717) is 18.2 Å². The monoisotopic (exact) mass is 241 g/mol. The molecule has 2 atom stereocenters. The van der Waals surface area contributed by atoms with Crippen molar-refractivity contribution in [1.82, 2.24) is 4.90 Å². The highest BCUT2D eigenvalue weighted by Crippen LogP contribution is 2.49. The van der Waals surface area contributed by atoms with E-state index in [9.17, 15) is 5.11 Å². The number of oxime groups is 1. The van der Waals surface area contributed by atoms with E-state index < -0.39 is 0 Å². The Morgan fingerprint density at radius 3 is 2.76 bits per heavy atom. The summed E-state index contributed by atoms with van der Waals surface area (Å²) in [7, 11) is 0. The summed E-state index contributed by atoms with van der Waals surface area (Å²) in [4.78, 5) is 2.41. The molecule has 4 N–H and O–H groups in total. The fourth-order valence-electron chi connectivity index (χ4n) is 2.82. The van der Waals surface area contributed by atoms with Crippen LogP contribution in [0.15, 0.2) is 5.16 Å². The van der Waals surface area contributed by atoms with Crippen LogP contribution in [0.3, 0.4) is 0 Å². The van der Waals surface area contributed by atoms with Gasteiger partial charge in [-0.3, -0.25) is 0 Å². The van der Waals surface area contributed by atoms with Gasteiger partial charge in [-0.1, -0.05) is 12.1 Å². The number of aliphatic hydroxyl groups excluding tert-OH is 1. The maximum Gasteiger partial charge on any atom is 0.139 e. The highest BCUT2D eigenvalue weighted by atomic mass is 16.4. The molecule has 2 fully saturated rings. The number of piperidine rings is 1. The maximum atomic E-state index is 9.69. The van der Waals surface area contributed by atoms with Crippen LogP contribution in [0.5, 0.6) is 0 Å². The zero-order valence-electron chi connectivity index (χ0n) is 10.5. The molecule has 5 heteroatoms. The molecule has 2 rings (SSSR count). The number of nitrogens with two attached hydrogens (primary N) is 1. The quantitative estimate of drug-likeness (QED) is 0.291. The Kier molecular flexibility index (Phi) is 3.58. The summed E-state index contributed by atoms with van der Waals surface area (Å²) in [6.45, 7) is 5.03. The minimum atomic E-state index is -0.148. The zero-order chi connectivity index (χ0) is 12.5. The lowest BCUT2D eigenvalue weighted by molar-refractivity contribution is 0.0275. The van der Waals surface area contributed by atoms with Gasteiger partial charge in [0.2, 0.25) is 0 Å². The molecule has 0 bridgehead atoms. The van der Waals surface area contributed by atoms with Crippen molar-refractivity contribution < 1.29 is 10.3 Å². The van der Waals surface area contributed by atoms with Crippen molar-refractivity contribution in [1.29, 1.82) is 0 Å². The molecule has 0 aromatic heterocycles. The van der Waals surface area contributed by atoms with Gasteiger partial charge in [0.15, 0.2) is 0 Å². The molecule has 1 heterocycles. The topological polar surface area (TPSA) is 82.1 Å². The maximum absolute atomic E-state index is 9.69. The Bertz CT molecular complexity index is 302. The first kappa shape index (κ1) is 12.6. The van der Waals surface area contributed by atoms with Crippen LogP contribution in [0, 0.1) is 11.3 Å². The first-order valence-electron chi connectivity index (χ1n) is 6.41. The SMILES string of the molecule is CC1CN(CC2(CC(N)=NO)CC2)CCC1O. The highest BCUT2D eigenvalue weighted by Gasteiger charge is 2.45. The van der Waals surface area contributed by atoms with Gasteiger partial charge in [-0.25, -0.2) is 0 Å². The van der Waals surface area contributed by atoms with Crippen LogP contribution < -0.4 is 5.73 Å². The fourth-order valence-corrected chi connectivity index (χ4v) is 2.82. The van der Waals surface area contributed by atoms with Crippen LogP contribution in [0.1, 0.15) is 32.6 Å². The lowest BCUT2D eigenvalue weighted by atomic mass is 9.94. The van der Waals surface area contributed by atoms with Gasteiger partial charge >= 0.3 is 0 Å². The summed E-state index contributed by atoms with van der Waals surface area (Å²) >= 11 is 0. The van der Waals surface area contributed by atoms with Crippen molar-refractivity contribution in [3.05, 3.63) is 0 Å². The molecule has 98 valence electrons. The zero-order valence-corrected chi connectivity index (χ0v) is 10.5. The van der Waals surface area contributed by atoms with Gasteiger partial charge in [0.1, 0.15) is 5.84 Å². The molecule has 1 aliphatic heterocycles. The number of aliphatic hydroxyl groups is 1. The van der Waals surface area contributed by atoms with Crippen molar-refractivity contribution in [3.8, 4) is 0 Å². The summed E-state index contributed by atoms with van der Waals surface area (Å²) in [5, 5.41) is 21.4. The van der Waals surface area contributed by atoms with Crippen LogP contribution in [-0.4, -0.2) is 46.8 Å². The molecule has 1 aliphatic carbocycles. The van der Waals surface area contributed by atoms with Crippen molar-refractivity contribution in [2.24, 2.45) is 22.2 Å². The molecule has 0 aromatic rings. The fraction of sp³-hybridized carbons (Fsp3) is 0.917. The van der Waals surface area contributed by atoms with Crippen LogP contribution in [0.25, 0.3) is 0 Å². The van der Waals surface area contributed by atoms with Crippen LogP contribution in [-0.2, 0) is 0 Å². The first-order chi connectivity index (χ1) is 8.04. The third-order valence-electron chi connectivity index (χ3n) is 4.14. The second-order valence-electron chi connectivity index (χ2n) is 5.84. The molecule has 5 nitrogen and oxygen atoms in total. The number of likely N-dealkylation sites (tertiary alicyclic amines) is 1. The lowest BCUT2D eigenvalue weighted by Crippen LogP contribution is -2.44. The molecular weight excluding hydrogens is 218 g/mol. The Morgan fingerprint density at radius 2 is 2.24 bits per heavy atom. The second kappa shape index (κ2) is 4.82. The average molecular weight is 241 g/mol. The molecule has 1 saturated carbocycles. The largest absolute Gasteiger partial charge is 0.409 e. The molecule has 0 amide bonds. The van der Waals surface area contributed by atoms with Crippen LogP contribution >= 0.6 is 0 Å². The molecule has 0 aromatic carbocycles. The van der Waals surface area contributed by atoms with Crippen molar-refractivity contribution in [2.45, 2.75) is 38.7 Å². The van der Waals surface area contributed by atoms with E-state index in [4.69, 9.17) is 10.9 Å². The predicted molar refractivity (Wildman–Crippen MR) is 65.9 cm³/mol. The average Bonchev–Trinajstić information content (AvgIpc) is 3.03. The summed E-state index contributed by atoms with van der Waals surface area (Å²) in [6.07, 6.45) is 3.73. The Balaban J connectivity index is 1.85. The smallest absolute Gasteiger partial charge is 0.139 e. The molecule has 0 radical (unpaired) electrons. The van der Waals surface area contributed by atoms with Gasteiger partial charge in [0.25, 0.3) is 0 Å². The number of rotatable bonds is 4. The van der Waals surface area contributed by atoms with Crippen LogP contribution in [0.4, 0.5) is 0 Å². The predicted octanol–water partition coefficient (Wildman–Crippen LogP) is 0.606. The first-order valence-corrected chi connectivity index (χ1v) is 6.41. The molecule has 2 aliphatic rings. The van der Waals surface area contributed by atoms with E-state index in [0.717, 1.165) is 38.9 Å². The van der Waals surface area contributed by atoms with Gasteiger partial charge in [-0.05, 0) is 30.6 Å². The molecule has 2 unspecified atom stereocenters. The number of amidine groups is 1. The molecule has 0 spiro atoms. The third kappa shape index (κ3) is 3.10. The van der Waals surface area contributed by atoms with Gasteiger partial charge in [0, 0.05) is 26.1 Å². The minimum absolute atomic E-state index is 0.148. The minimum Gasteiger partial charge on any atom is -0.409 e. The van der Waals surface area contributed by atoms with Gasteiger partial charge < -0.3 is 20.9 Å². The van der Waals surface area contributed by atoms with Crippen molar-refractivity contribution in [3.63, 3.8) is 0 Å². The van der Waals surface area contributed by atoms with Crippen molar-refractivity contribution >= 4 is 5.84 Å². The Hall–Kier alpha value is -0.810. The van der Waals surface area contributed by atoms with E-state index in [-0.39, 0.29) is 11.5 Å². The summed E-state index contributed by atoms with van der Waals surface area (Å²) in [5.41, 5.74) is 5.83. The molecule has 1 saturated heterocycles. The standard InChI is InChI=1S/C12H23N3O2/c1-9-7-15(5-2-10(9)16)8-12(3-4-12)6-11(13)14-17/h9-10,16-17H,2-8H2,1H3,(H2,13,14). The van der Waals surface area contributed by atoms with E-state index in [1.165, 1.54) is 0 Å². The lowest BCUT2D eigenvalue weighted by Gasteiger charge is -2.36. The second-order valence-corrected chi connectivity index (χ2v) is 5.84. The Labute approximate surface area is 102 Å². The van der Waals surface area contributed by atoms with Gasteiger partial charge in [-0.2, -0.15) is 0 Å². The van der Waals surface area contributed by atoms with Crippen molar-refractivity contribution in [2.75, 3.05) is 19.6 Å².